The van der Waals surface area contributed by atoms with E-state index in [4.69, 9.17) is 10.4 Å². The van der Waals surface area contributed by atoms with E-state index < -0.39 is 10.8 Å². The van der Waals surface area contributed by atoms with Crippen LogP contribution in [0.3, 0.4) is 0 Å². The molecule has 0 saturated heterocycles. The Bertz CT molecular complexity index is 589. The van der Waals surface area contributed by atoms with Crippen LogP contribution in [0.25, 0.3) is 0 Å². The zero-order chi connectivity index (χ0) is 15.8. The highest BCUT2D eigenvalue weighted by molar-refractivity contribution is 6.06. The minimum atomic E-state index is -0.629. The first-order valence-corrected chi connectivity index (χ1v) is 5.96. The molecule has 1 rings (SSSR count). The standard InChI is InChI=1S/C13H14N4O4/c1-16(6-7-18)9-10(8-14)13(19)15-11-2-4-12(5-3-11)17(20)21/h2-5,9,18H,6-7H2,1H3,(H,15,19)/b10-9-. The van der Waals surface area contributed by atoms with E-state index in [1.54, 1.807) is 13.1 Å². The number of anilines is 1. The number of rotatable bonds is 6. The van der Waals surface area contributed by atoms with Crippen molar-refractivity contribution in [2.75, 3.05) is 25.5 Å². The first kappa shape index (κ1) is 16.1. The molecule has 0 aliphatic heterocycles. The Labute approximate surface area is 121 Å². The lowest BCUT2D eigenvalue weighted by atomic mass is 10.2. The summed E-state index contributed by atoms with van der Waals surface area (Å²) in [5, 5.41) is 30.7. The van der Waals surface area contributed by atoms with Crippen molar-refractivity contribution in [2.45, 2.75) is 0 Å². The van der Waals surface area contributed by atoms with Gasteiger partial charge in [-0.15, -0.1) is 0 Å². The lowest BCUT2D eigenvalue weighted by Gasteiger charge is -2.12. The van der Waals surface area contributed by atoms with Crippen molar-refractivity contribution in [3.63, 3.8) is 0 Å². The van der Waals surface area contributed by atoms with E-state index >= 15 is 0 Å². The van der Waals surface area contributed by atoms with Crippen molar-refractivity contribution >= 4 is 17.3 Å². The molecule has 0 aromatic heterocycles. The summed E-state index contributed by atoms with van der Waals surface area (Å²) in [6, 6.07) is 7.02. The number of hydrogen-bond acceptors (Lipinski definition) is 6. The summed E-state index contributed by atoms with van der Waals surface area (Å²) in [6.07, 6.45) is 1.32. The third-order valence-electron chi connectivity index (χ3n) is 2.50. The number of benzene rings is 1. The largest absolute Gasteiger partial charge is 0.395 e. The number of nitriles is 1. The van der Waals surface area contributed by atoms with Gasteiger partial charge in [0.25, 0.3) is 11.6 Å². The van der Waals surface area contributed by atoms with Crippen LogP contribution in [-0.2, 0) is 4.79 Å². The Hall–Kier alpha value is -2.92. The van der Waals surface area contributed by atoms with Gasteiger partial charge < -0.3 is 15.3 Å². The van der Waals surface area contributed by atoms with E-state index in [0.29, 0.717) is 5.69 Å². The maximum atomic E-state index is 11.9. The number of amides is 1. The van der Waals surface area contributed by atoms with Crippen LogP contribution in [0.15, 0.2) is 36.0 Å². The Morgan fingerprint density at radius 1 is 1.52 bits per heavy atom. The molecule has 1 aromatic rings. The van der Waals surface area contributed by atoms with E-state index in [2.05, 4.69) is 5.32 Å². The van der Waals surface area contributed by atoms with Crippen LogP contribution in [-0.4, -0.2) is 41.0 Å². The first-order chi connectivity index (χ1) is 9.97. The molecule has 0 bridgehead atoms. The number of nitro benzene ring substituents is 1. The highest BCUT2D eigenvalue weighted by atomic mass is 16.6. The normalized spacial score (nSPS) is 10.6. The van der Waals surface area contributed by atoms with Crippen LogP contribution in [0.2, 0.25) is 0 Å². The highest BCUT2D eigenvalue weighted by Gasteiger charge is 2.11. The second-order valence-electron chi connectivity index (χ2n) is 4.12. The van der Waals surface area contributed by atoms with Gasteiger partial charge in [0.05, 0.1) is 11.5 Å². The predicted octanol–water partition coefficient (Wildman–Crippen LogP) is 0.865. The summed E-state index contributed by atoms with van der Waals surface area (Å²) in [4.78, 5) is 23.4. The molecule has 0 radical (unpaired) electrons. The van der Waals surface area contributed by atoms with E-state index in [0.717, 1.165) is 0 Å². The molecule has 0 unspecified atom stereocenters. The summed E-state index contributed by atoms with van der Waals surface area (Å²) in [5.41, 5.74) is 0.118. The van der Waals surface area contributed by atoms with Crippen molar-refractivity contribution in [3.05, 3.63) is 46.2 Å². The van der Waals surface area contributed by atoms with Crippen LogP contribution < -0.4 is 5.32 Å². The number of non-ortho nitro benzene ring substituents is 1. The van der Waals surface area contributed by atoms with Crippen molar-refractivity contribution < 1.29 is 14.8 Å². The number of carbonyl (C=O) groups excluding carboxylic acids is 1. The predicted molar refractivity (Wildman–Crippen MR) is 75.1 cm³/mol. The number of aliphatic hydroxyl groups excluding tert-OH is 1. The van der Waals surface area contributed by atoms with Crippen molar-refractivity contribution in [3.8, 4) is 6.07 Å². The van der Waals surface area contributed by atoms with Gasteiger partial charge in [0.1, 0.15) is 11.6 Å². The molecule has 2 N–H and O–H groups in total. The third-order valence-corrected chi connectivity index (χ3v) is 2.50. The maximum absolute atomic E-state index is 11.9. The van der Waals surface area contributed by atoms with Crippen LogP contribution in [0.4, 0.5) is 11.4 Å². The van der Waals surface area contributed by atoms with Gasteiger partial charge in [-0.05, 0) is 12.1 Å². The number of aliphatic hydroxyl groups is 1. The molecular formula is C13H14N4O4. The Balaban J connectivity index is 2.79. The Morgan fingerprint density at radius 2 is 2.14 bits per heavy atom. The van der Waals surface area contributed by atoms with Crippen molar-refractivity contribution in [1.29, 1.82) is 5.26 Å². The number of nitro groups is 1. The van der Waals surface area contributed by atoms with Crippen molar-refractivity contribution in [1.82, 2.24) is 4.90 Å². The minimum Gasteiger partial charge on any atom is -0.395 e. The lowest BCUT2D eigenvalue weighted by molar-refractivity contribution is -0.384. The van der Waals surface area contributed by atoms with Gasteiger partial charge in [0, 0.05) is 37.6 Å². The van der Waals surface area contributed by atoms with Gasteiger partial charge in [-0.1, -0.05) is 0 Å². The highest BCUT2D eigenvalue weighted by Crippen LogP contribution is 2.16. The topological polar surface area (TPSA) is 120 Å². The van der Waals surface area contributed by atoms with Crippen LogP contribution in [0.1, 0.15) is 0 Å². The van der Waals surface area contributed by atoms with Gasteiger partial charge >= 0.3 is 0 Å². The molecule has 0 saturated carbocycles. The second kappa shape index (κ2) is 7.62. The summed E-state index contributed by atoms with van der Waals surface area (Å²) in [5.74, 6) is -0.629. The lowest BCUT2D eigenvalue weighted by Crippen LogP contribution is -2.20. The fourth-order valence-corrected chi connectivity index (χ4v) is 1.45. The zero-order valence-corrected chi connectivity index (χ0v) is 11.3. The number of nitrogens with zero attached hydrogens (tertiary/aromatic N) is 3. The van der Waals surface area contributed by atoms with Gasteiger partial charge in [0.2, 0.25) is 0 Å². The molecule has 0 fully saturated rings. The molecular weight excluding hydrogens is 276 g/mol. The molecule has 110 valence electrons. The molecule has 8 heteroatoms. The maximum Gasteiger partial charge on any atom is 0.269 e. The van der Waals surface area contributed by atoms with Crippen LogP contribution in [0.5, 0.6) is 0 Å². The number of likely N-dealkylation sites (N-methyl/N-ethyl adjacent to an activating group) is 1. The monoisotopic (exact) mass is 290 g/mol. The average molecular weight is 290 g/mol. The Kier molecular flexibility index (Phi) is 5.85. The zero-order valence-electron chi connectivity index (χ0n) is 11.3. The molecule has 0 aliphatic rings. The fraction of sp³-hybridized carbons (Fsp3) is 0.231. The molecule has 1 aromatic carbocycles. The number of hydrogen-bond donors (Lipinski definition) is 2. The summed E-state index contributed by atoms with van der Waals surface area (Å²) < 4.78 is 0. The van der Waals surface area contributed by atoms with Gasteiger partial charge in [-0.2, -0.15) is 5.26 Å². The quantitative estimate of drug-likeness (QED) is 0.347. The molecule has 8 nitrogen and oxygen atoms in total. The molecule has 0 atom stereocenters. The average Bonchev–Trinajstić information content (AvgIpc) is 2.45. The second-order valence-corrected chi connectivity index (χ2v) is 4.12. The number of carbonyl (C=O) groups is 1. The summed E-state index contributed by atoms with van der Waals surface area (Å²) >= 11 is 0. The van der Waals surface area contributed by atoms with E-state index in [9.17, 15) is 14.9 Å². The molecule has 0 spiro atoms. The molecule has 21 heavy (non-hydrogen) atoms. The van der Waals surface area contributed by atoms with E-state index in [1.807, 2.05) is 0 Å². The van der Waals surface area contributed by atoms with Crippen LogP contribution >= 0.6 is 0 Å². The molecule has 1 amide bonds. The van der Waals surface area contributed by atoms with Gasteiger partial charge in [-0.25, -0.2) is 0 Å². The first-order valence-electron chi connectivity index (χ1n) is 5.96. The van der Waals surface area contributed by atoms with Crippen molar-refractivity contribution in [2.24, 2.45) is 0 Å². The third kappa shape index (κ3) is 4.93. The number of nitrogens with one attached hydrogen (secondary N) is 1. The van der Waals surface area contributed by atoms with Crippen LogP contribution in [0, 0.1) is 21.4 Å². The minimum absolute atomic E-state index is 0.0910. The summed E-state index contributed by atoms with van der Waals surface area (Å²) in [7, 11) is 1.62. The Morgan fingerprint density at radius 3 is 2.62 bits per heavy atom. The fourth-order valence-electron chi connectivity index (χ4n) is 1.45. The SMILES string of the molecule is CN(/C=C(/C#N)C(=O)Nc1ccc([N+](=O)[O-])cc1)CCO. The van der Waals surface area contributed by atoms with E-state index in [-0.39, 0.29) is 24.4 Å². The molecule has 0 heterocycles. The molecule has 0 aliphatic carbocycles. The smallest absolute Gasteiger partial charge is 0.269 e. The van der Waals surface area contributed by atoms with E-state index in [1.165, 1.54) is 35.4 Å². The van der Waals surface area contributed by atoms with Gasteiger partial charge in [0.15, 0.2) is 0 Å². The van der Waals surface area contributed by atoms with Gasteiger partial charge in [-0.3, -0.25) is 14.9 Å². The summed E-state index contributed by atoms with van der Waals surface area (Å²) in [6.45, 7) is 0.186.